The second kappa shape index (κ2) is 7.28. The average molecular weight is 373 g/mol. The monoisotopic (exact) mass is 373 g/mol. The third-order valence-corrected chi connectivity index (χ3v) is 5.53. The lowest BCUT2D eigenvalue weighted by atomic mass is 9.72. The highest BCUT2D eigenvalue weighted by molar-refractivity contribution is 5.99. The van der Waals surface area contributed by atoms with Crippen LogP contribution in [0.4, 0.5) is 5.69 Å². The van der Waals surface area contributed by atoms with Crippen LogP contribution in [0.5, 0.6) is 0 Å². The van der Waals surface area contributed by atoms with E-state index in [1.165, 1.54) is 0 Å². The number of Topliss-reactive ketones (excluding diaryl/α,β-unsaturated/α-hetero) is 1. The third-order valence-electron chi connectivity index (χ3n) is 5.53. The maximum atomic E-state index is 13.7. The molecule has 0 aliphatic carbocycles. The maximum Gasteiger partial charge on any atom is 0.233 e. The molecule has 28 heavy (non-hydrogen) atoms. The van der Waals surface area contributed by atoms with E-state index >= 15 is 0 Å². The first-order chi connectivity index (χ1) is 13.1. The van der Waals surface area contributed by atoms with E-state index in [0.717, 1.165) is 22.4 Å². The third kappa shape index (κ3) is 3.87. The van der Waals surface area contributed by atoms with Gasteiger partial charge in [-0.05, 0) is 37.1 Å². The highest BCUT2D eigenvalue weighted by Gasteiger charge is 2.40. The first-order valence-corrected chi connectivity index (χ1v) is 9.64. The fourth-order valence-electron chi connectivity index (χ4n) is 3.84. The van der Waals surface area contributed by atoms with E-state index in [0.29, 0.717) is 13.0 Å². The topological polar surface area (TPSA) is 37.4 Å². The number of ketones is 1. The number of carbonyl (C=O) groups excluding carboxylic acids is 2. The van der Waals surface area contributed by atoms with Crippen LogP contribution in [0.1, 0.15) is 57.7 Å². The van der Waals surface area contributed by atoms with Crippen molar-refractivity contribution in [1.29, 1.82) is 0 Å². The lowest BCUT2D eigenvalue weighted by Gasteiger charge is -2.37. The fourth-order valence-corrected chi connectivity index (χ4v) is 3.84. The summed E-state index contributed by atoms with van der Waals surface area (Å²) in [6.45, 7) is 9.74. The van der Waals surface area contributed by atoms with Crippen molar-refractivity contribution < 1.29 is 9.59 Å². The van der Waals surface area contributed by atoms with E-state index in [1.54, 1.807) is 6.92 Å². The van der Waals surface area contributed by atoms with Crippen molar-refractivity contribution in [2.45, 2.75) is 47.6 Å². The lowest BCUT2D eigenvalue weighted by molar-refractivity contribution is -0.132. The number of para-hydroxylation sites is 1. The molecule has 1 heterocycles. The minimum atomic E-state index is -0.691. The molecule has 0 saturated carbocycles. The predicted octanol–water partition coefficient (Wildman–Crippen LogP) is 4.96. The van der Waals surface area contributed by atoms with Gasteiger partial charge in [0.25, 0.3) is 0 Å². The Balaban J connectivity index is 2.07. The Labute approximate surface area is 167 Å². The summed E-state index contributed by atoms with van der Waals surface area (Å²) in [6.07, 6.45) is 0.486. The molecular formula is C25H27NO2. The quantitative estimate of drug-likeness (QED) is 0.710. The molecule has 0 aromatic heterocycles. The molecule has 2 aromatic carbocycles. The van der Waals surface area contributed by atoms with E-state index < -0.39 is 10.8 Å². The molecule has 144 valence electrons. The van der Waals surface area contributed by atoms with Crippen molar-refractivity contribution in [3.05, 3.63) is 65.2 Å². The molecule has 0 radical (unpaired) electrons. The predicted molar refractivity (Wildman–Crippen MR) is 113 cm³/mol. The Kier molecular flexibility index (Phi) is 5.17. The van der Waals surface area contributed by atoms with Crippen molar-refractivity contribution in [3.63, 3.8) is 0 Å². The first-order valence-electron chi connectivity index (χ1n) is 9.64. The Morgan fingerprint density at radius 2 is 1.46 bits per heavy atom. The van der Waals surface area contributed by atoms with Crippen molar-refractivity contribution in [2.24, 2.45) is 10.8 Å². The van der Waals surface area contributed by atoms with Gasteiger partial charge >= 0.3 is 0 Å². The molecule has 0 atom stereocenters. The SMILES string of the molecule is CC(=O)C(C)(C)CC(C)(C)C(=O)N1Cc2ccccc2C#Cc2ccccc21. The van der Waals surface area contributed by atoms with E-state index in [9.17, 15) is 9.59 Å². The van der Waals surface area contributed by atoms with Crippen LogP contribution in [0.25, 0.3) is 0 Å². The van der Waals surface area contributed by atoms with Gasteiger partial charge in [-0.2, -0.15) is 0 Å². The van der Waals surface area contributed by atoms with Crippen molar-refractivity contribution >= 4 is 17.4 Å². The molecule has 2 aromatic rings. The number of amides is 1. The minimum absolute atomic E-state index is 0.00720. The second-order valence-electron chi connectivity index (χ2n) is 8.82. The number of benzene rings is 2. The molecule has 3 rings (SSSR count). The zero-order valence-corrected chi connectivity index (χ0v) is 17.3. The van der Waals surface area contributed by atoms with Gasteiger partial charge < -0.3 is 4.90 Å². The summed E-state index contributed by atoms with van der Waals surface area (Å²) in [5, 5.41) is 0. The lowest BCUT2D eigenvalue weighted by Crippen LogP contribution is -2.44. The van der Waals surface area contributed by atoms with E-state index in [4.69, 9.17) is 0 Å². The van der Waals surface area contributed by atoms with Crippen molar-refractivity contribution in [3.8, 4) is 11.8 Å². The van der Waals surface area contributed by atoms with E-state index in [1.807, 2.05) is 81.1 Å². The summed E-state index contributed by atoms with van der Waals surface area (Å²) >= 11 is 0. The molecule has 1 aliphatic rings. The second-order valence-corrected chi connectivity index (χ2v) is 8.82. The van der Waals surface area contributed by atoms with Crippen LogP contribution in [-0.2, 0) is 16.1 Å². The molecule has 3 nitrogen and oxygen atoms in total. The summed E-state index contributed by atoms with van der Waals surface area (Å²) in [5.74, 6) is 6.57. The molecule has 0 saturated heterocycles. The number of anilines is 1. The van der Waals surface area contributed by atoms with Crippen molar-refractivity contribution in [1.82, 2.24) is 0 Å². The van der Waals surface area contributed by atoms with Crippen LogP contribution in [-0.4, -0.2) is 11.7 Å². The average Bonchev–Trinajstić information content (AvgIpc) is 2.62. The number of hydrogen-bond acceptors (Lipinski definition) is 2. The highest BCUT2D eigenvalue weighted by Crippen LogP contribution is 2.38. The summed E-state index contributed by atoms with van der Waals surface area (Å²) in [4.78, 5) is 27.6. The zero-order chi connectivity index (χ0) is 20.5. The number of nitrogens with zero attached hydrogens (tertiary/aromatic N) is 1. The molecule has 0 unspecified atom stereocenters. The van der Waals surface area contributed by atoms with Crippen LogP contribution in [0.15, 0.2) is 48.5 Å². The van der Waals surface area contributed by atoms with Gasteiger partial charge in [0.2, 0.25) is 5.91 Å². The fraction of sp³-hybridized carbons (Fsp3) is 0.360. The molecule has 0 spiro atoms. The van der Waals surface area contributed by atoms with Gasteiger partial charge in [-0.1, -0.05) is 69.9 Å². The summed E-state index contributed by atoms with van der Waals surface area (Å²) in [7, 11) is 0. The Bertz CT molecular complexity index is 989. The normalized spacial score (nSPS) is 13.4. The van der Waals surface area contributed by atoms with E-state index in [-0.39, 0.29) is 11.7 Å². The maximum absolute atomic E-state index is 13.7. The molecule has 0 fully saturated rings. The van der Waals surface area contributed by atoms with Gasteiger partial charge in [-0.15, -0.1) is 0 Å². The van der Waals surface area contributed by atoms with Gasteiger partial charge in [0.05, 0.1) is 12.2 Å². The van der Waals surface area contributed by atoms with Gasteiger partial charge in [0.1, 0.15) is 5.78 Å². The molecule has 0 bridgehead atoms. The van der Waals surface area contributed by atoms with Crippen molar-refractivity contribution in [2.75, 3.05) is 4.90 Å². The molecule has 1 amide bonds. The number of rotatable bonds is 4. The van der Waals surface area contributed by atoms with Crippen LogP contribution in [0, 0.1) is 22.7 Å². The van der Waals surface area contributed by atoms with Gasteiger partial charge in [-0.3, -0.25) is 9.59 Å². The van der Waals surface area contributed by atoms with Crippen LogP contribution in [0.3, 0.4) is 0 Å². The molecule has 1 aliphatic heterocycles. The molecule has 3 heteroatoms. The summed E-state index contributed by atoms with van der Waals surface area (Å²) in [6, 6.07) is 15.7. The Hall–Kier alpha value is -2.86. The Morgan fingerprint density at radius 3 is 2.14 bits per heavy atom. The van der Waals surface area contributed by atoms with Crippen LogP contribution in [0.2, 0.25) is 0 Å². The van der Waals surface area contributed by atoms with Crippen LogP contribution >= 0.6 is 0 Å². The Morgan fingerprint density at radius 1 is 0.893 bits per heavy atom. The van der Waals surface area contributed by atoms with Gasteiger partial charge in [-0.25, -0.2) is 0 Å². The number of fused-ring (bicyclic) bond motifs is 2. The van der Waals surface area contributed by atoms with Crippen LogP contribution < -0.4 is 4.90 Å². The molecular weight excluding hydrogens is 346 g/mol. The summed E-state index contributed by atoms with van der Waals surface area (Å²) < 4.78 is 0. The largest absolute Gasteiger partial charge is 0.306 e. The minimum Gasteiger partial charge on any atom is -0.306 e. The highest BCUT2D eigenvalue weighted by atomic mass is 16.2. The first kappa shape index (κ1) is 19.9. The summed E-state index contributed by atoms with van der Waals surface area (Å²) in [5.41, 5.74) is 2.38. The van der Waals surface area contributed by atoms with E-state index in [2.05, 4.69) is 11.8 Å². The zero-order valence-electron chi connectivity index (χ0n) is 17.3. The number of hydrogen-bond donors (Lipinski definition) is 0. The molecule has 0 N–H and O–H groups in total. The smallest absolute Gasteiger partial charge is 0.233 e. The van der Waals surface area contributed by atoms with Gasteiger partial charge in [0, 0.05) is 22.0 Å². The number of carbonyl (C=O) groups is 2. The van der Waals surface area contributed by atoms with Gasteiger partial charge in [0.15, 0.2) is 0 Å². The standard InChI is InChI=1S/C25H27NO2/c1-18(27)24(2,3)17-25(4,5)23(28)26-16-21-12-7-6-10-19(21)14-15-20-11-8-9-13-22(20)26/h6-13H,16-17H2,1-5H3.